The van der Waals surface area contributed by atoms with Gasteiger partial charge in [-0.25, -0.2) is 5.43 Å². The predicted molar refractivity (Wildman–Crippen MR) is 98.6 cm³/mol. The van der Waals surface area contributed by atoms with E-state index < -0.39 is 0 Å². The van der Waals surface area contributed by atoms with Crippen molar-refractivity contribution in [3.05, 3.63) is 65.9 Å². The zero-order valence-electron chi connectivity index (χ0n) is 14.4. The Balaban J connectivity index is 1.66. The van der Waals surface area contributed by atoms with Gasteiger partial charge in [-0.1, -0.05) is 30.3 Å². The quantitative estimate of drug-likeness (QED) is 0.528. The zero-order chi connectivity index (χ0) is 18.4. The van der Waals surface area contributed by atoms with Gasteiger partial charge in [-0.3, -0.25) is 9.89 Å². The smallest absolute Gasteiger partial charge is 0.289 e. The van der Waals surface area contributed by atoms with Crippen LogP contribution in [0.15, 0.2) is 59.7 Å². The van der Waals surface area contributed by atoms with Crippen molar-refractivity contribution in [2.24, 2.45) is 5.10 Å². The van der Waals surface area contributed by atoms with Gasteiger partial charge in [-0.2, -0.15) is 10.2 Å². The number of ether oxygens (including phenoxy) is 2. The van der Waals surface area contributed by atoms with Crippen molar-refractivity contribution in [2.75, 3.05) is 14.2 Å². The summed E-state index contributed by atoms with van der Waals surface area (Å²) >= 11 is 0. The van der Waals surface area contributed by atoms with Crippen LogP contribution in [0.4, 0.5) is 0 Å². The Morgan fingerprint density at radius 3 is 2.58 bits per heavy atom. The molecular formula is C19H18N4O3. The number of rotatable bonds is 6. The first-order valence-electron chi connectivity index (χ1n) is 7.87. The highest BCUT2D eigenvalue weighted by molar-refractivity contribution is 5.94. The van der Waals surface area contributed by atoms with Crippen LogP contribution in [0.2, 0.25) is 0 Å². The molecule has 7 nitrogen and oxygen atoms in total. The summed E-state index contributed by atoms with van der Waals surface area (Å²) in [5.41, 5.74) is 5.18. The van der Waals surface area contributed by atoms with Crippen molar-refractivity contribution >= 4 is 12.1 Å². The monoisotopic (exact) mass is 350 g/mol. The third kappa shape index (κ3) is 3.89. The largest absolute Gasteiger partial charge is 0.493 e. The van der Waals surface area contributed by atoms with E-state index in [1.165, 1.54) is 6.21 Å². The standard InChI is InChI=1S/C19H18N4O3/c1-25-17-9-8-13(10-18(17)26-2)12-20-23-19(24)16-11-15(21-22-16)14-6-4-3-5-7-14/h3-12H,1-2H3,(H,21,22)(H,23,24). The molecule has 0 aliphatic carbocycles. The number of nitrogens with one attached hydrogen (secondary N) is 2. The molecule has 0 atom stereocenters. The molecule has 0 spiro atoms. The molecule has 1 aromatic heterocycles. The first-order chi connectivity index (χ1) is 12.7. The molecule has 0 saturated heterocycles. The number of aromatic amines is 1. The number of carbonyl (C=O) groups excluding carboxylic acids is 1. The Hall–Kier alpha value is -3.61. The zero-order valence-corrected chi connectivity index (χ0v) is 14.4. The molecule has 26 heavy (non-hydrogen) atoms. The minimum atomic E-state index is -0.378. The van der Waals surface area contributed by atoms with Crippen LogP contribution >= 0.6 is 0 Å². The van der Waals surface area contributed by atoms with Crippen LogP contribution in [-0.4, -0.2) is 36.5 Å². The highest BCUT2D eigenvalue weighted by Gasteiger charge is 2.10. The van der Waals surface area contributed by atoms with Gasteiger partial charge in [0.2, 0.25) is 0 Å². The molecule has 3 aromatic rings. The molecule has 1 amide bonds. The minimum absolute atomic E-state index is 0.327. The van der Waals surface area contributed by atoms with Gasteiger partial charge in [-0.05, 0) is 29.8 Å². The number of hydrogen-bond donors (Lipinski definition) is 2. The Morgan fingerprint density at radius 1 is 1.08 bits per heavy atom. The average Bonchev–Trinajstić information content (AvgIpc) is 3.19. The van der Waals surface area contributed by atoms with E-state index >= 15 is 0 Å². The molecule has 0 radical (unpaired) electrons. The summed E-state index contributed by atoms with van der Waals surface area (Å²) in [6.45, 7) is 0. The van der Waals surface area contributed by atoms with E-state index in [9.17, 15) is 4.79 Å². The third-order valence-electron chi connectivity index (χ3n) is 3.68. The van der Waals surface area contributed by atoms with E-state index in [2.05, 4.69) is 20.7 Å². The van der Waals surface area contributed by atoms with Crippen LogP contribution in [0, 0.1) is 0 Å². The predicted octanol–water partition coefficient (Wildman–Crippen LogP) is 2.86. The van der Waals surface area contributed by atoms with Gasteiger partial charge in [-0.15, -0.1) is 0 Å². The van der Waals surface area contributed by atoms with Gasteiger partial charge in [0.1, 0.15) is 5.69 Å². The molecule has 2 N–H and O–H groups in total. The van der Waals surface area contributed by atoms with Crippen molar-refractivity contribution in [2.45, 2.75) is 0 Å². The molecule has 0 fully saturated rings. The number of hydrogen-bond acceptors (Lipinski definition) is 5. The van der Waals surface area contributed by atoms with E-state index in [4.69, 9.17) is 9.47 Å². The number of H-pyrrole nitrogens is 1. The fraction of sp³-hybridized carbons (Fsp3) is 0.105. The highest BCUT2D eigenvalue weighted by atomic mass is 16.5. The van der Waals surface area contributed by atoms with Crippen molar-refractivity contribution < 1.29 is 14.3 Å². The second-order valence-corrected chi connectivity index (χ2v) is 5.35. The van der Waals surface area contributed by atoms with E-state index in [0.717, 1.165) is 11.1 Å². The van der Waals surface area contributed by atoms with Gasteiger partial charge in [0.25, 0.3) is 5.91 Å². The maximum absolute atomic E-state index is 12.2. The number of carbonyl (C=O) groups is 1. The average molecular weight is 350 g/mol. The Morgan fingerprint density at radius 2 is 1.85 bits per heavy atom. The maximum Gasteiger partial charge on any atom is 0.289 e. The Bertz CT molecular complexity index is 920. The summed E-state index contributed by atoms with van der Waals surface area (Å²) in [7, 11) is 3.13. The lowest BCUT2D eigenvalue weighted by atomic mass is 10.1. The molecular weight excluding hydrogens is 332 g/mol. The molecule has 0 saturated carbocycles. The molecule has 2 aromatic carbocycles. The fourth-order valence-corrected chi connectivity index (χ4v) is 2.35. The first kappa shape index (κ1) is 17.2. The molecule has 3 rings (SSSR count). The van der Waals surface area contributed by atoms with Gasteiger partial charge >= 0.3 is 0 Å². The number of hydrazone groups is 1. The van der Waals surface area contributed by atoms with Crippen LogP contribution in [-0.2, 0) is 0 Å². The number of nitrogens with zero attached hydrogens (tertiary/aromatic N) is 2. The van der Waals surface area contributed by atoms with E-state index in [0.29, 0.717) is 22.9 Å². The topological polar surface area (TPSA) is 88.6 Å². The molecule has 0 aliphatic rings. The van der Waals surface area contributed by atoms with E-state index in [1.807, 2.05) is 30.3 Å². The molecule has 0 aliphatic heterocycles. The summed E-state index contributed by atoms with van der Waals surface area (Å²) < 4.78 is 10.4. The van der Waals surface area contributed by atoms with Crippen molar-refractivity contribution in [3.63, 3.8) is 0 Å². The maximum atomic E-state index is 12.2. The number of methoxy groups -OCH3 is 2. The lowest BCUT2D eigenvalue weighted by molar-refractivity contribution is 0.0950. The summed E-state index contributed by atoms with van der Waals surface area (Å²) in [6.07, 6.45) is 1.52. The number of benzene rings is 2. The molecule has 132 valence electrons. The number of amides is 1. The lowest BCUT2D eigenvalue weighted by Gasteiger charge is -2.07. The SMILES string of the molecule is COc1ccc(C=NNC(=O)c2cc(-c3ccccc3)n[nH]2)cc1OC. The summed E-state index contributed by atoms with van der Waals surface area (Å²) in [5.74, 6) is 0.833. The summed E-state index contributed by atoms with van der Waals surface area (Å²) in [4.78, 5) is 12.2. The highest BCUT2D eigenvalue weighted by Crippen LogP contribution is 2.26. The van der Waals surface area contributed by atoms with E-state index in [-0.39, 0.29) is 5.91 Å². The van der Waals surface area contributed by atoms with Gasteiger partial charge in [0, 0.05) is 5.56 Å². The molecule has 1 heterocycles. The second-order valence-electron chi connectivity index (χ2n) is 5.35. The van der Waals surface area contributed by atoms with E-state index in [1.54, 1.807) is 38.5 Å². The Labute approximate surface area is 150 Å². The van der Waals surface area contributed by atoms with Crippen LogP contribution in [0.1, 0.15) is 16.1 Å². The minimum Gasteiger partial charge on any atom is -0.493 e. The first-order valence-corrected chi connectivity index (χ1v) is 7.87. The van der Waals surface area contributed by atoms with Gasteiger partial charge < -0.3 is 9.47 Å². The van der Waals surface area contributed by atoms with Gasteiger partial charge in [0.05, 0.1) is 26.1 Å². The Kier molecular flexibility index (Phi) is 5.28. The second kappa shape index (κ2) is 7.98. The third-order valence-corrected chi connectivity index (χ3v) is 3.68. The van der Waals surface area contributed by atoms with Crippen LogP contribution in [0.5, 0.6) is 11.5 Å². The molecule has 0 bridgehead atoms. The van der Waals surface area contributed by atoms with Crippen molar-refractivity contribution in [1.29, 1.82) is 0 Å². The van der Waals surface area contributed by atoms with Crippen LogP contribution in [0.25, 0.3) is 11.3 Å². The van der Waals surface area contributed by atoms with Gasteiger partial charge in [0.15, 0.2) is 11.5 Å². The van der Waals surface area contributed by atoms with Crippen LogP contribution < -0.4 is 14.9 Å². The molecule has 0 unspecified atom stereocenters. The fourth-order valence-electron chi connectivity index (χ4n) is 2.35. The van der Waals surface area contributed by atoms with Crippen molar-refractivity contribution in [3.8, 4) is 22.8 Å². The number of aromatic nitrogens is 2. The normalized spacial score (nSPS) is 10.7. The van der Waals surface area contributed by atoms with Crippen molar-refractivity contribution in [1.82, 2.24) is 15.6 Å². The summed E-state index contributed by atoms with van der Waals surface area (Å²) in [6, 6.07) is 16.6. The molecule has 7 heteroatoms. The lowest BCUT2D eigenvalue weighted by Crippen LogP contribution is -2.18. The van der Waals surface area contributed by atoms with Crippen LogP contribution in [0.3, 0.4) is 0 Å². The summed E-state index contributed by atoms with van der Waals surface area (Å²) in [5, 5.41) is 10.8.